The van der Waals surface area contributed by atoms with Crippen LogP contribution in [0.15, 0.2) is 138 Å². The van der Waals surface area contributed by atoms with Crippen molar-refractivity contribution in [3.8, 4) is 16.9 Å². The van der Waals surface area contributed by atoms with Gasteiger partial charge < -0.3 is 14.6 Å². The number of halogens is 1. The molecule has 0 unspecified atom stereocenters. The summed E-state index contributed by atoms with van der Waals surface area (Å²) in [6, 6.07) is 39.1. The van der Waals surface area contributed by atoms with Crippen molar-refractivity contribution in [1.82, 2.24) is 10.9 Å². The Morgan fingerprint density at radius 1 is 0.865 bits per heavy atom. The molecule has 5 aromatic rings. The molecule has 11 heteroatoms. The zero-order valence-corrected chi connectivity index (χ0v) is 28.5. The minimum Gasteiger partial charge on any atom is -0.494 e. The lowest BCUT2D eigenvalue weighted by Crippen LogP contribution is -2.54. The standard InChI is InChI=1S/C41H39FN6O4/c42-37-14-7-6-11-31(37)23-24-44-47-40(50)41(27-34-12-4-5-13-35(34)28-45-48-43)38(32-17-15-30(16-18-32)29-9-2-1-3-10-29)52-39(46-41)33-19-21-36(22-20-33)51-26-8-25-49/h1-7,9-22,38,44,49H,8,23-28H2,(H,47,50)/t38-,41-/m0/s1. The van der Waals surface area contributed by atoms with Crippen LogP contribution in [0.4, 0.5) is 4.39 Å². The number of carbonyl (C=O) groups excluding carboxylic acids is 1. The third-order valence-corrected chi connectivity index (χ3v) is 8.91. The maximum Gasteiger partial charge on any atom is 0.266 e. The Morgan fingerprint density at radius 3 is 2.23 bits per heavy atom. The van der Waals surface area contributed by atoms with Gasteiger partial charge in [-0.3, -0.25) is 10.2 Å². The number of azide groups is 1. The van der Waals surface area contributed by atoms with E-state index in [1.54, 1.807) is 30.3 Å². The van der Waals surface area contributed by atoms with Crippen molar-refractivity contribution in [3.63, 3.8) is 0 Å². The molecule has 5 aromatic carbocycles. The number of ether oxygens (including phenoxy) is 2. The van der Waals surface area contributed by atoms with Gasteiger partial charge in [0.25, 0.3) is 5.91 Å². The molecule has 0 saturated heterocycles. The predicted molar refractivity (Wildman–Crippen MR) is 198 cm³/mol. The Hall–Kier alpha value is -6.00. The van der Waals surface area contributed by atoms with Crippen LogP contribution in [0.5, 0.6) is 5.75 Å². The summed E-state index contributed by atoms with van der Waals surface area (Å²) >= 11 is 0. The predicted octanol–water partition coefficient (Wildman–Crippen LogP) is 7.43. The first-order valence-electron chi connectivity index (χ1n) is 17.1. The van der Waals surface area contributed by atoms with Gasteiger partial charge in [-0.25, -0.2) is 14.8 Å². The first-order chi connectivity index (χ1) is 25.5. The van der Waals surface area contributed by atoms with E-state index < -0.39 is 17.6 Å². The minimum absolute atomic E-state index is 0.0323. The summed E-state index contributed by atoms with van der Waals surface area (Å²) in [5.74, 6) is 0.133. The van der Waals surface area contributed by atoms with Crippen LogP contribution in [-0.4, -0.2) is 42.2 Å². The summed E-state index contributed by atoms with van der Waals surface area (Å²) in [5, 5.41) is 12.9. The van der Waals surface area contributed by atoms with E-state index in [-0.39, 0.29) is 37.8 Å². The maximum absolute atomic E-state index is 14.7. The van der Waals surface area contributed by atoms with Gasteiger partial charge >= 0.3 is 0 Å². The molecule has 2 atom stereocenters. The van der Waals surface area contributed by atoms with Crippen LogP contribution >= 0.6 is 0 Å². The molecule has 264 valence electrons. The summed E-state index contributed by atoms with van der Waals surface area (Å²) in [4.78, 5) is 22.7. The summed E-state index contributed by atoms with van der Waals surface area (Å²) < 4.78 is 26.8. The number of aliphatic imine (C=N–C) groups is 1. The summed E-state index contributed by atoms with van der Waals surface area (Å²) in [5.41, 5.74) is 18.9. The van der Waals surface area contributed by atoms with Crippen molar-refractivity contribution in [2.24, 2.45) is 10.1 Å². The zero-order chi connectivity index (χ0) is 36.2. The molecule has 1 aliphatic heterocycles. The van der Waals surface area contributed by atoms with Crippen molar-refractivity contribution in [2.45, 2.75) is 37.5 Å². The molecule has 0 saturated carbocycles. The first-order valence-corrected chi connectivity index (χ1v) is 17.1. The number of aliphatic hydroxyl groups is 1. The van der Waals surface area contributed by atoms with Gasteiger partial charge in [0, 0.05) is 36.5 Å². The number of benzene rings is 5. The fourth-order valence-electron chi connectivity index (χ4n) is 6.19. The van der Waals surface area contributed by atoms with Crippen molar-refractivity contribution in [1.29, 1.82) is 0 Å². The summed E-state index contributed by atoms with van der Waals surface area (Å²) in [6.07, 6.45) is 0.0997. The number of aliphatic hydroxyl groups excluding tert-OH is 1. The van der Waals surface area contributed by atoms with Gasteiger partial charge in [-0.2, -0.15) is 0 Å². The molecule has 1 heterocycles. The Morgan fingerprint density at radius 2 is 1.52 bits per heavy atom. The van der Waals surface area contributed by atoms with E-state index in [9.17, 15) is 9.18 Å². The molecule has 0 bridgehead atoms. The normalized spacial score (nSPS) is 16.3. The van der Waals surface area contributed by atoms with Gasteiger partial charge in [-0.1, -0.05) is 102 Å². The number of amides is 1. The van der Waals surface area contributed by atoms with Crippen molar-refractivity contribution in [2.75, 3.05) is 19.8 Å². The van der Waals surface area contributed by atoms with E-state index in [2.05, 4.69) is 20.9 Å². The zero-order valence-electron chi connectivity index (χ0n) is 28.5. The van der Waals surface area contributed by atoms with E-state index in [1.807, 2.05) is 91.0 Å². The number of hydrogen-bond donors (Lipinski definition) is 3. The molecular formula is C41H39FN6O4. The number of nitrogens with one attached hydrogen (secondary N) is 2. The van der Waals surface area contributed by atoms with E-state index in [4.69, 9.17) is 25.1 Å². The molecule has 52 heavy (non-hydrogen) atoms. The highest BCUT2D eigenvalue weighted by Gasteiger charge is 2.53. The van der Waals surface area contributed by atoms with Crippen molar-refractivity contribution >= 4 is 11.8 Å². The molecule has 0 aliphatic carbocycles. The van der Waals surface area contributed by atoms with Gasteiger partial charge in [-0.05, 0) is 75.7 Å². The molecular weight excluding hydrogens is 659 g/mol. The van der Waals surface area contributed by atoms with Crippen LogP contribution in [0, 0.1) is 5.82 Å². The molecule has 1 amide bonds. The molecule has 0 radical (unpaired) electrons. The van der Waals surface area contributed by atoms with Crippen molar-refractivity contribution in [3.05, 3.63) is 171 Å². The minimum atomic E-state index is -1.53. The van der Waals surface area contributed by atoms with Gasteiger partial charge in [-0.15, -0.1) is 0 Å². The van der Waals surface area contributed by atoms with Crippen LogP contribution in [0.1, 0.15) is 40.3 Å². The first kappa shape index (κ1) is 35.8. The van der Waals surface area contributed by atoms with Gasteiger partial charge in [0.05, 0.1) is 13.2 Å². The number of hydrogen-bond acceptors (Lipinski definition) is 7. The highest BCUT2D eigenvalue weighted by Crippen LogP contribution is 2.43. The second-order valence-corrected chi connectivity index (χ2v) is 12.3. The van der Waals surface area contributed by atoms with Crippen LogP contribution in [0.2, 0.25) is 0 Å². The lowest BCUT2D eigenvalue weighted by atomic mass is 9.80. The molecule has 0 spiro atoms. The Labute approximate surface area is 301 Å². The monoisotopic (exact) mass is 698 g/mol. The fourth-order valence-corrected chi connectivity index (χ4v) is 6.19. The van der Waals surface area contributed by atoms with Crippen LogP contribution in [-0.2, 0) is 28.9 Å². The van der Waals surface area contributed by atoms with E-state index >= 15 is 0 Å². The van der Waals surface area contributed by atoms with E-state index in [0.717, 1.165) is 27.8 Å². The summed E-state index contributed by atoms with van der Waals surface area (Å²) in [7, 11) is 0. The Bertz CT molecular complexity index is 2040. The average Bonchev–Trinajstić information content (AvgIpc) is 3.58. The Kier molecular flexibility index (Phi) is 11.9. The van der Waals surface area contributed by atoms with Gasteiger partial charge in [0.2, 0.25) is 5.90 Å². The SMILES string of the molecule is [N-]=[N+]=NCc1ccccc1C[C@]1(C(=O)NNCCc2ccccc2F)N=C(c2ccc(OCCCO)cc2)O[C@H]1c1ccc(-c2ccccc2)cc1. The smallest absolute Gasteiger partial charge is 0.266 e. The highest BCUT2D eigenvalue weighted by molar-refractivity contribution is 6.01. The van der Waals surface area contributed by atoms with Gasteiger partial charge in [0.15, 0.2) is 11.6 Å². The second kappa shape index (κ2) is 17.3. The van der Waals surface area contributed by atoms with Crippen LogP contribution in [0.3, 0.4) is 0 Å². The lowest BCUT2D eigenvalue weighted by molar-refractivity contribution is -0.130. The molecule has 0 aromatic heterocycles. The van der Waals surface area contributed by atoms with Crippen molar-refractivity contribution < 1.29 is 23.8 Å². The molecule has 10 nitrogen and oxygen atoms in total. The second-order valence-electron chi connectivity index (χ2n) is 12.3. The largest absolute Gasteiger partial charge is 0.494 e. The van der Waals surface area contributed by atoms with Crippen LogP contribution < -0.4 is 15.6 Å². The quantitative estimate of drug-likeness (QED) is 0.0323. The average molecular weight is 699 g/mol. The topological polar surface area (TPSA) is 141 Å². The number of carbonyl (C=O) groups is 1. The number of nitrogens with zero attached hydrogens (tertiary/aromatic N) is 4. The fraction of sp³-hybridized carbons (Fsp3) is 0.220. The Balaban J connectivity index is 1.39. The molecule has 6 rings (SSSR count). The number of rotatable bonds is 16. The third-order valence-electron chi connectivity index (χ3n) is 8.91. The van der Waals surface area contributed by atoms with Gasteiger partial charge in [0.1, 0.15) is 11.6 Å². The third kappa shape index (κ3) is 8.47. The van der Waals surface area contributed by atoms with E-state index in [0.29, 0.717) is 36.3 Å². The summed E-state index contributed by atoms with van der Waals surface area (Å²) in [6.45, 7) is 0.764. The highest BCUT2D eigenvalue weighted by atomic mass is 19.1. The lowest BCUT2D eigenvalue weighted by Gasteiger charge is -2.31. The molecule has 0 fully saturated rings. The van der Waals surface area contributed by atoms with Crippen LogP contribution in [0.25, 0.3) is 21.6 Å². The maximum atomic E-state index is 14.7. The number of hydrazine groups is 1. The molecule has 1 aliphatic rings. The van der Waals surface area contributed by atoms with E-state index in [1.165, 1.54) is 6.07 Å². The molecule has 3 N–H and O–H groups in total.